The summed E-state index contributed by atoms with van der Waals surface area (Å²) in [7, 11) is 1.56. The number of benzene rings is 1. The highest BCUT2D eigenvalue weighted by Crippen LogP contribution is 2.38. The number of fused-ring (bicyclic) bond motifs is 1. The van der Waals surface area contributed by atoms with Crippen molar-refractivity contribution in [2.75, 3.05) is 29.9 Å². The number of hydrogen-bond donors (Lipinski definition) is 0. The molecule has 0 atom stereocenters. The highest BCUT2D eigenvalue weighted by Gasteiger charge is 2.52. The van der Waals surface area contributed by atoms with E-state index < -0.39 is 23.9 Å². The third-order valence-electron chi connectivity index (χ3n) is 5.50. The molecule has 27 heavy (non-hydrogen) atoms. The summed E-state index contributed by atoms with van der Waals surface area (Å²) in [6, 6.07) is 6.01. The molecule has 2 aliphatic heterocycles. The van der Waals surface area contributed by atoms with Crippen LogP contribution in [0.1, 0.15) is 48.5 Å². The van der Waals surface area contributed by atoms with E-state index in [1.165, 1.54) is 0 Å². The van der Waals surface area contributed by atoms with Crippen LogP contribution < -0.4 is 15.3 Å². The number of hydrogen-bond acceptors (Lipinski definition) is 5. The number of amides is 1. The van der Waals surface area contributed by atoms with E-state index in [9.17, 15) is 4.79 Å². The largest absolute Gasteiger partial charge is 0.494 e. The van der Waals surface area contributed by atoms with Crippen LogP contribution in [0.5, 0.6) is 0 Å². The fraction of sp³-hybridized carbons (Fsp3) is 0.650. The Morgan fingerprint density at radius 2 is 1.67 bits per heavy atom. The number of carbonyl (C=O) groups excluding carboxylic acids is 1. The third-order valence-corrected chi connectivity index (χ3v) is 5.50. The van der Waals surface area contributed by atoms with Crippen molar-refractivity contribution in [1.29, 1.82) is 0 Å². The van der Waals surface area contributed by atoms with Crippen LogP contribution >= 0.6 is 0 Å². The van der Waals surface area contributed by atoms with Gasteiger partial charge in [0, 0.05) is 20.1 Å². The molecule has 3 rings (SSSR count). The van der Waals surface area contributed by atoms with Crippen molar-refractivity contribution in [1.82, 2.24) is 0 Å². The Labute approximate surface area is 162 Å². The lowest BCUT2D eigenvalue weighted by Gasteiger charge is -2.36. The van der Waals surface area contributed by atoms with E-state index in [0.29, 0.717) is 6.54 Å². The van der Waals surface area contributed by atoms with Crippen molar-refractivity contribution in [2.24, 2.45) is 0 Å². The summed E-state index contributed by atoms with van der Waals surface area (Å²) < 4.78 is 18.0. The molecule has 0 aliphatic carbocycles. The Hall–Kier alpha value is -1.73. The predicted octanol–water partition coefficient (Wildman–Crippen LogP) is 3.18. The molecule has 1 fully saturated rings. The normalized spacial score (nSPS) is 21.3. The van der Waals surface area contributed by atoms with Gasteiger partial charge in [-0.15, -0.1) is 0 Å². The Morgan fingerprint density at radius 3 is 2.22 bits per heavy atom. The van der Waals surface area contributed by atoms with E-state index in [1.54, 1.807) is 4.90 Å². The van der Waals surface area contributed by atoms with Gasteiger partial charge in [0.05, 0.1) is 22.6 Å². The van der Waals surface area contributed by atoms with Gasteiger partial charge in [0.15, 0.2) is 0 Å². The average molecular weight is 374 g/mol. The number of nitrogens with zero attached hydrogens (tertiary/aromatic N) is 2. The van der Waals surface area contributed by atoms with Crippen molar-refractivity contribution in [3.63, 3.8) is 0 Å². The molecule has 1 aromatic carbocycles. The topological polar surface area (TPSA) is 51.2 Å². The molecular formula is C20H31BN2O4. The van der Waals surface area contributed by atoms with Crippen molar-refractivity contribution in [3.8, 4) is 0 Å². The lowest BCUT2D eigenvalue weighted by molar-refractivity contribution is 0.00578. The van der Waals surface area contributed by atoms with Gasteiger partial charge in [-0.1, -0.05) is 6.07 Å². The van der Waals surface area contributed by atoms with Gasteiger partial charge in [0.1, 0.15) is 5.60 Å². The van der Waals surface area contributed by atoms with Crippen LogP contribution in [-0.2, 0) is 14.0 Å². The van der Waals surface area contributed by atoms with Crippen LogP contribution in [0.3, 0.4) is 0 Å². The Balaban J connectivity index is 1.94. The van der Waals surface area contributed by atoms with Gasteiger partial charge in [-0.2, -0.15) is 0 Å². The maximum Gasteiger partial charge on any atom is 0.494 e. The van der Waals surface area contributed by atoms with Crippen LogP contribution in [0.15, 0.2) is 18.2 Å². The summed E-state index contributed by atoms with van der Waals surface area (Å²) >= 11 is 0. The van der Waals surface area contributed by atoms with Crippen LogP contribution in [-0.4, -0.2) is 50.2 Å². The summed E-state index contributed by atoms with van der Waals surface area (Å²) in [6.07, 6.45) is -0.331. The van der Waals surface area contributed by atoms with Crippen LogP contribution in [0.2, 0.25) is 0 Å². The molecule has 1 aromatic rings. The van der Waals surface area contributed by atoms with Crippen molar-refractivity contribution in [3.05, 3.63) is 18.2 Å². The second kappa shape index (κ2) is 6.42. The molecule has 0 N–H and O–H groups in total. The highest BCUT2D eigenvalue weighted by atomic mass is 16.7. The maximum absolute atomic E-state index is 12.7. The zero-order valence-electron chi connectivity index (χ0n) is 17.8. The monoisotopic (exact) mass is 374 g/mol. The van der Waals surface area contributed by atoms with Crippen LogP contribution in [0, 0.1) is 0 Å². The van der Waals surface area contributed by atoms with E-state index in [-0.39, 0.29) is 6.09 Å². The van der Waals surface area contributed by atoms with Gasteiger partial charge in [-0.3, -0.25) is 4.90 Å². The molecule has 2 aliphatic rings. The lowest BCUT2D eigenvalue weighted by atomic mass is 9.78. The van der Waals surface area contributed by atoms with Gasteiger partial charge >= 0.3 is 13.2 Å². The van der Waals surface area contributed by atoms with Crippen molar-refractivity contribution >= 4 is 30.0 Å². The van der Waals surface area contributed by atoms with E-state index in [0.717, 1.165) is 23.4 Å². The second-order valence-corrected chi connectivity index (χ2v) is 9.39. The summed E-state index contributed by atoms with van der Waals surface area (Å²) in [5.41, 5.74) is 1.36. The minimum Gasteiger partial charge on any atom is -0.443 e. The minimum atomic E-state index is -0.538. The van der Waals surface area contributed by atoms with Crippen LogP contribution in [0.25, 0.3) is 0 Å². The van der Waals surface area contributed by atoms with Crippen molar-refractivity contribution < 1.29 is 18.8 Å². The van der Waals surface area contributed by atoms with E-state index in [4.69, 9.17) is 14.0 Å². The lowest BCUT2D eigenvalue weighted by Crippen LogP contribution is -2.46. The Bertz CT molecular complexity index is 726. The molecule has 148 valence electrons. The molecular weight excluding hydrogens is 343 g/mol. The molecule has 1 amide bonds. The number of likely N-dealkylation sites (N-methyl/N-ethyl adjacent to an activating group) is 1. The zero-order valence-corrected chi connectivity index (χ0v) is 17.8. The first-order valence-corrected chi connectivity index (χ1v) is 9.52. The van der Waals surface area contributed by atoms with Crippen molar-refractivity contribution in [2.45, 2.75) is 65.3 Å². The maximum atomic E-state index is 12.7. The summed E-state index contributed by atoms with van der Waals surface area (Å²) in [5.74, 6) is 0. The summed E-state index contributed by atoms with van der Waals surface area (Å²) in [4.78, 5) is 16.6. The fourth-order valence-electron chi connectivity index (χ4n) is 3.20. The molecule has 1 saturated heterocycles. The van der Waals surface area contributed by atoms with E-state index >= 15 is 0 Å². The third kappa shape index (κ3) is 3.80. The molecule has 0 spiro atoms. The van der Waals surface area contributed by atoms with Gasteiger partial charge in [0.25, 0.3) is 0 Å². The smallest absolute Gasteiger partial charge is 0.443 e. The first kappa shape index (κ1) is 20.0. The van der Waals surface area contributed by atoms with Gasteiger partial charge < -0.3 is 18.9 Å². The summed E-state index contributed by atoms with van der Waals surface area (Å²) in [5, 5.41) is 0. The SMILES string of the molecule is CN1CCN(C(=O)OC(C)(C)C)c2cc(B3OC(C)(C)C(C)(C)O3)ccc21. The van der Waals surface area contributed by atoms with Gasteiger partial charge in [-0.25, -0.2) is 4.79 Å². The molecule has 6 nitrogen and oxygen atoms in total. The molecule has 0 saturated carbocycles. The first-order chi connectivity index (χ1) is 12.3. The molecule has 0 radical (unpaired) electrons. The average Bonchev–Trinajstić information content (AvgIpc) is 2.73. The summed E-state index contributed by atoms with van der Waals surface area (Å²) in [6.45, 7) is 15.1. The van der Waals surface area contributed by atoms with E-state index in [1.807, 2.05) is 73.7 Å². The quantitative estimate of drug-likeness (QED) is 0.707. The number of carbonyl (C=O) groups is 1. The Kier molecular flexibility index (Phi) is 4.76. The van der Waals surface area contributed by atoms with E-state index in [2.05, 4.69) is 4.90 Å². The number of ether oxygens (including phenoxy) is 1. The molecule has 0 unspecified atom stereocenters. The highest BCUT2D eigenvalue weighted by molar-refractivity contribution is 6.62. The first-order valence-electron chi connectivity index (χ1n) is 9.52. The van der Waals surface area contributed by atoms with Gasteiger partial charge in [-0.05, 0) is 66.1 Å². The second-order valence-electron chi connectivity index (χ2n) is 9.39. The number of anilines is 2. The minimum absolute atomic E-state index is 0.331. The fourth-order valence-corrected chi connectivity index (χ4v) is 3.20. The standard InChI is InChI=1S/C20H31BN2O4/c1-18(2,3)25-17(24)23-12-11-22(8)15-10-9-14(13-16(15)23)21-26-19(4,5)20(6,7)27-21/h9-10,13H,11-12H2,1-8H3. The molecule has 0 aromatic heterocycles. The molecule has 2 heterocycles. The predicted molar refractivity (Wildman–Crippen MR) is 109 cm³/mol. The zero-order chi connectivity index (χ0) is 20.2. The van der Waals surface area contributed by atoms with Crippen LogP contribution in [0.4, 0.5) is 16.2 Å². The molecule has 0 bridgehead atoms. The number of rotatable bonds is 1. The van der Waals surface area contributed by atoms with Gasteiger partial charge in [0.2, 0.25) is 0 Å². The Morgan fingerprint density at radius 1 is 1.07 bits per heavy atom. The molecule has 7 heteroatoms.